The average Bonchev–Trinajstić information content (AvgIpc) is 2.91. The van der Waals surface area contributed by atoms with Crippen LogP contribution >= 0.6 is 0 Å². The molecule has 2 aliphatic heterocycles. The molecule has 2 N–H and O–H groups in total. The van der Waals surface area contributed by atoms with Crippen LogP contribution in [-0.2, 0) is 14.5 Å². The van der Waals surface area contributed by atoms with E-state index < -0.39 is 5.54 Å². The zero-order chi connectivity index (χ0) is 21.5. The van der Waals surface area contributed by atoms with Crippen LogP contribution in [0.4, 0.5) is 0 Å². The number of piperidine rings is 1. The predicted octanol–water partition coefficient (Wildman–Crippen LogP) is 2.97. The summed E-state index contributed by atoms with van der Waals surface area (Å²) in [6, 6.07) is 4.16. The fraction of sp³-hybridized carbons (Fsp3) is 0.625. The van der Waals surface area contributed by atoms with E-state index in [9.17, 15) is 9.90 Å². The van der Waals surface area contributed by atoms with E-state index >= 15 is 0 Å². The third-order valence-corrected chi connectivity index (χ3v) is 7.16. The molecule has 1 amide bonds. The van der Waals surface area contributed by atoms with Crippen LogP contribution < -0.4 is 5.06 Å². The topological polar surface area (TPSA) is 63.4 Å². The average molecular weight is 416 g/mol. The SMILES string of the molecule is CON1CCC2(CC1)C(O)=C(c1c(C)cc(C)cc1C)C(=O)[NH+]2OC1CCCCC1. The maximum atomic E-state index is 13.8. The molecule has 1 saturated carbocycles. The van der Waals surface area contributed by atoms with Gasteiger partial charge in [0.1, 0.15) is 11.7 Å². The molecule has 1 spiro atoms. The van der Waals surface area contributed by atoms with Gasteiger partial charge in [-0.2, -0.15) is 9.90 Å². The number of hydrogen-bond acceptors (Lipinski definition) is 5. The molecule has 1 aromatic carbocycles. The molecule has 1 aromatic rings. The predicted molar refractivity (Wildman–Crippen MR) is 115 cm³/mol. The van der Waals surface area contributed by atoms with Gasteiger partial charge in [0.2, 0.25) is 0 Å². The first-order chi connectivity index (χ1) is 14.4. The summed E-state index contributed by atoms with van der Waals surface area (Å²) in [4.78, 5) is 25.6. The third kappa shape index (κ3) is 3.60. The number of hydroxylamine groups is 4. The van der Waals surface area contributed by atoms with Crippen molar-refractivity contribution in [3.63, 3.8) is 0 Å². The van der Waals surface area contributed by atoms with Crippen molar-refractivity contribution in [1.82, 2.24) is 5.06 Å². The Hall–Kier alpha value is -1.73. The second-order valence-electron chi connectivity index (χ2n) is 9.23. The molecule has 0 radical (unpaired) electrons. The van der Waals surface area contributed by atoms with Crippen LogP contribution in [0.1, 0.15) is 67.2 Å². The number of aliphatic hydroxyl groups is 1. The Labute approximate surface area is 179 Å². The Balaban J connectivity index is 1.76. The van der Waals surface area contributed by atoms with Crippen LogP contribution in [-0.4, -0.2) is 47.9 Å². The quantitative estimate of drug-likeness (QED) is 0.792. The van der Waals surface area contributed by atoms with Gasteiger partial charge < -0.3 is 9.94 Å². The highest BCUT2D eigenvalue weighted by molar-refractivity contribution is 6.18. The van der Waals surface area contributed by atoms with E-state index in [1.54, 1.807) is 7.11 Å². The minimum Gasteiger partial charge on any atom is -0.505 e. The van der Waals surface area contributed by atoms with Crippen molar-refractivity contribution in [2.75, 3.05) is 20.2 Å². The van der Waals surface area contributed by atoms with Gasteiger partial charge in [0.05, 0.1) is 7.11 Å². The summed E-state index contributed by atoms with van der Waals surface area (Å²) in [6.07, 6.45) is 6.78. The van der Waals surface area contributed by atoms with Gasteiger partial charge in [-0.05, 0) is 44.7 Å². The second-order valence-corrected chi connectivity index (χ2v) is 9.23. The lowest BCUT2D eigenvalue weighted by molar-refractivity contribution is -1.07. The maximum Gasteiger partial charge on any atom is 0.381 e. The summed E-state index contributed by atoms with van der Waals surface area (Å²) in [7, 11) is 1.67. The molecule has 1 unspecified atom stereocenters. The molecule has 0 aromatic heterocycles. The van der Waals surface area contributed by atoms with Gasteiger partial charge in [0, 0.05) is 31.5 Å². The Morgan fingerprint density at radius 3 is 2.23 bits per heavy atom. The van der Waals surface area contributed by atoms with Crippen LogP contribution in [0.25, 0.3) is 5.57 Å². The van der Waals surface area contributed by atoms with E-state index in [-0.39, 0.29) is 17.8 Å². The Kier molecular flexibility index (Phi) is 6.04. The first kappa shape index (κ1) is 21.5. The molecule has 6 heteroatoms. The fourth-order valence-corrected chi connectivity index (χ4v) is 5.62. The highest BCUT2D eigenvalue weighted by Gasteiger charge is 2.61. The number of quaternary nitrogens is 1. The molecular weight excluding hydrogens is 380 g/mol. The monoisotopic (exact) mass is 415 g/mol. The lowest BCUT2D eigenvalue weighted by Crippen LogP contribution is -3.21. The lowest BCUT2D eigenvalue weighted by Gasteiger charge is -2.39. The van der Waals surface area contributed by atoms with Gasteiger partial charge in [-0.1, -0.05) is 37.0 Å². The standard InChI is InChI=1S/C24H34N2O4/c1-16-14-17(2)20(18(3)15-16)21-22(27)24(10-12-25(29-4)13-11-24)26(23(21)28)30-19-8-6-5-7-9-19/h14-15,19,27H,5-13H2,1-4H3/p+1. The summed E-state index contributed by atoms with van der Waals surface area (Å²) < 4.78 is 0. The molecule has 1 aliphatic carbocycles. The minimum absolute atomic E-state index is 0.0717. The molecule has 1 atom stereocenters. The second kappa shape index (κ2) is 8.42. The molecular formula is C24H35N2O4+. The van der Waals surface area contributed by atoms with Gasteiger partial charge >= 0.3 is 5.91 Å². The zero-order valence-electron chi connectivity index (χ0n) is 18.7. The first-order valence-electron chi connectivity index (χ1n) is 11.3. The van der Waals surface area contributed by atoms with Crippen LogP contribution in [0.15, 0.2) is 17.9 Å². The lowest BCUT2D eigenvalue weighted by atomic mass is 9.85. The minimum atomic E-state index is -0.733. The number of amides is 1. The summed E-state index contributed by atoms with van der Waals surface area (Å²) in [6.45, 7) is 7.40. The van der Waals surface area contributed by atoms with Crippen LogP contribution in [0.3, 0.4) is 0 Å². The van der Waals surface area contributed by atoms with Crippen molar-refractivity contribution < 1.29 is 24.6 Å². The van der Waals surface area contributed by atoms with Gasteiger partial charge in [-0.25, -0.2) is 4.79 Å². The third-order valence-electron chi connectivity index (χ3n) is 7.16. The van der Waals surface area contributed by atoms with Gasteiger partial charge in [0.15, 0.2) is 11.3 Å². The van der Waals surface area contributed by atoms with Crippen LogP contribution in [0, 0.1) is 20.8 Å². The van der Waals surface area contributed by atoms with Crippen molar-refractivity contribution in [2.45, 2.75) is 77.4 Å². The molecule has 4 rings (SSSR count). The van der Waals surface area contributed by atoms with Crippen molar-refractivity contribution in [3.05, 3.63) is 40.1 Å². The van der Waals surface area contributed by atoms with E-state index in [2.05, 4.69) is 19.1 Å². The van der Waals surface area contributed by atoms with E-state index in [0.29, 0.717) is 36.6 Å². The largest absolute Gasteiger partial charge is 0.505 e. The first-order valence-corrected chi connectivity index (χ1v) is 11.3. The number of carbonyl (C=O) groups is 1. The molecule has 30 heavy (non-hydrogen) atoms. The molecule has 0 bridgehead atoms. The highest BCUT2D eigenvalue weighted by atomic mass is 16.7. The van der Waals surface area contributed by atoms with Gasteiger partial charge in [-0.15, -0.1) is 5.06 Å². The Bertz CT molecular complexity index is 826. The number of benzene rings is 1. The number of aryl methyl sites for hydroxylation is 3. The number of nitrogens with zero attached hydrogens (tertiary/aromatic N) is 1. The highest BCUT2D eigenvalue weighted by Crippen LogP contribution is 2.38. The smallest absolute Gasteiger partial charge is 0.381 e. The summed E-state index contributed by atoms with van der Waals surface area (Å²) in [5.41, 5.74) is 3.77. The Morgan fingerprint density at radius 1 is 1.07 bits per heavy atom. The molecule has 1 saturated heterocycles. The molecule has 2 heterocycles. The van der Waals surface area contributed by atoms with Crippen LogP contribution in [0.2, 0.25) is 0 Å². The summed E-state index contributed by atoms with van der Waals surface area (Å²) >= 11 is 0. The van der Waals surface area contributed by atoms with Gasteiger partial charge in [-0.3, -0.25) is 0 Å². The zero-order valence-corrected chi connectivity index (χ0v) is 18.7. The fourth-order valence-electron chi connectivity index (χ4n) is 5.62. The number of hydrogen-bond donors (Lipinski definition) is 2. The van der Waals surface area contributed by atoms with E-state index in [4.69, 9.17) is 9.68 Å². The number of aliphatic hydroxyl groups excluding tert-OH is 1. The molecule has 6 nitrogen and oxygen atoms in total. The number of rotatable bonds is 4. The Morgan fingerprint density at radius 2 is 1.67 bits per heavy atom. The summed E-state index contributed by atoms with van der Waals surface area (Å²) in [5, 5.41) is 13.9. The van der Waals surface area contributed by atoms with E-state index in [1.165, 1.54) is 6.42 Å². The van der Waals surface area contributed by atoms with Crippen molar-refractivity contribution in [2.24, 2.45) is 0 Å². The molecule has 164 valence electrons. The van der Waals surface area contributed by atoms with Crippen LogP contribution in [0.5, 0.6) is 0 Å². The van der Waals surface area contributed by atoms with E-state index in [0.717, 1.165) is 47.9 Å². The van der Waals surface area contributed by atoms with Gasteiger partial charge in [0.25, 0.3) is 0 Å². The molecule has 3 aliphatic rings. The van der Waals surface area contributed by atoms with Crippen molar-refractivity contribution in [3.8, 4) is 0 Å². The summed E-state index contributed by atoms with van der Waals surface area (Å²) in [5.74, 6) is 0.0723. The van der Waals surface area contributed by atoms with Crippen molar-refractivity contribution >= 4 is 11.5 Å². The maximum absolute atomic E-state index is 13.8. The van der Waals surface area contributed by atoms with E-state index in [1.807, 2.05) is 18.9 Å². The number of carbonyl (C=O) groups excluding carboxylic acids is 1. The number of nitrogens with one attached hydrogen (secondary N) is 1. The normalized spacial score (nSPS) is 25.5. The van der Waals surface area contributed by atoms with Crippen molar-refractivity contribution in [1.29, 1.82) is 0 Å². The molecule has 2 fully saturated rings.